The van der Waals surface area contributed by atoms with Gasteiger partial charge >= 0.3 is 5.63 Å². The van der Waals surface area contributed by atoms with Crippen LogP contribution in [0.25, 0.3) is 11.0 Å². The van der Waals surface area contributed by atoms with Crippen LogP contribution in [0.3, 0.4) is 0 Å². The van der Waals surface area contributed by atoms with Crippen LogP contribution in [0.15, 0.2) is 27.4 Å². The minimum Gasteiger partial charge on any atom is -0.423 e. The summed E-state index contributed by atoms with van der Waals surface area (Å²) in [4.78, 5) is 14.5. The zero-order valence-corrected chi connectivity index (χ0v) is 14.1. The van der Waals surface area contributed by atoms with Crippen molar-refractivity contribution < 1.29 is 4.42 Å². The van der Waals surface area contributed by atoms with Crippen molar-refractivity contribution >= 4 is 11.0 Å². The van der Waals surface area contributed by atoms with E-state index in [9.17, 15) is 4.79 Å². The molecule has 0 bridgehead atoms. The number of aryl methyl sites for hydroxylation is 2. The van der Waals surface area contributed by atoms with E-state index in [1.54, 1.807) is 6.07 Å². The Bertz CT molecular complexity index is 782. The summed E-state index contributed by atoms with van der Waals surface area (Å²) in [5, 5.41) is 1.14. The first-order valence-corrected chi connectivity index (χ1v) is 8.89. The highest BCUT2D eigenvalue weighted by Gasteiger charge is 2.23. The number of rotatable bonds is 2. The SMILES string of the molecule is C[C@H]1C[C@H](C)CN(Cc2cc(=O)oc3cc4c(cc23)CCC4)C1. The topological polar surface area (TPSA) is 33.5 Å². The minimum atomic E-state index is -0.219. The van der Waals surface area contributed by atoms with E-state index >= 15 is 0 Å². The van der Waals surface area contributed by atoms with Gasteiger partial charge in [0, 0.05) is 31.1 Å². The first-order chi connectivity index (χ1) is 11.1. The van der Waals surface area contributed by atoms with Gasteiger partial charge in [-0.3, -0.25) is 4.90 Å². The summed E-state index contributed by atoms with van der Waals surface area (Å²) >= 11 is 0. The van der Waals surface area contributed by atoms with Crippen molar-refractivity contribution in [3.05, 3.63) is 45.3 Å². The average molecular weight is 311 g/mol. The van der Waals surface area contributed by atoms with E-state index in [0.29, 0.717) is 0 Å². The smallest absolute Gasteiger partial charge is 0.336 e. The molecule has 1 aliphatic carbocycles. The van der Waals surface area contributed by atoms with E-state index in [-0.39, 0.29) is 5.63 Å². The molecule has 4 rings (SSSR count). The van der Waals surface area contributed by atoms with Crippen LogP contribution < -0.4 is 5.63 Å². The summed E-state index contributed by atoms with van der Waals surface area (Å²) < 4.78 is 5.48. The van der Waals surface area contributed by atoms with Crippen LogP contribution in [0.5, 0.6) is 0 Å². The minimum absolute atomic E-state index is 0.219. The van der Waals surface area contributed by atoms with Crippen molar-refractivity contribution in [3.8, 4) is 0 Å². The lowest BCUT2D eigenvalue weighted by atomic mass is 9.91. The van der Waals surface area contributed by atoms with Crippen LogP contribution in [-0.2, 0) is 19.4 Å². The van der Waals surface area contributed by atoms with Gasteiger partial charge in [0.2, 0.25) is 0 Å². The summed E-state index contributed by atoms with van der Waals surface area (Å²) in [6.07, 6.45) is 4.79. The molecule has 1 saturated heterocycles. The molecule has 2 heterocycles. The van der Waals surface area contributed by atoms with Gasteiger partial charge < -0.3 is 4.42 Å². The molecular weight excluding hydrogens is 286 g/mol. The number of benzene rings is 1. The van der Waals surface area contributed by atoms with Crippen molar-refractivity contribution in [2.24, 2.45) is 11.8 Å². The molecule has 2 aromatic rings. The van der Waals surface area contributed by atoms with Crippen molar-refractivity contribution in [2.75, 3.05) is 13.1 Å². The fraction of sp³-hybridized carbons (Fsp3) is 0.550. The summed E-state index contributed by atoms with van der Waals surface area (Å²) in [6, 6.07) is 6.07. The lowest BCUT2D eigenvalue weighted by Crippen LogP contribution is -2.38. The second-order valence-electron chi connectivity index (χ2n) is 7.70. The number of fused-ring (bicyclic) bond motifs is 2. The normalized spacial score (nSPS) is 25.0. The van der Waals surface area contributed by atoms with E-state index in [4.69, 9.17) is 4.42 Å². The molecule has 0 N–H and O–H groups in total. The Morgan fingerprint density at radius 1 is 1.09 bits per heavy atom. The standard InChI is InChI=1S/C20H25NO2/c1-13-6-14(2)11-21(10-13)12-17-9-20(22)23-19-8-16-5-3-4-15(16)7-18(17)19/h7-9,13-14H,3-6,10-12H2,1-2H3/t13-,14-/m0/s1. The van der Waals surface area contributed by atoms with Gasteiger partial charge in [-0.15, -0.1) is 0 Å². The van der Waals surface area contributed by atoms with E-state index < -0.39 is 0 Å². The van der Waals surface area contributed by atoms with Gasteiger partial charge in [0.15, 0.2) is 0 Å². The quantitative estimate of drug-likeness (QED) is 0.792. The maximum atomic E-state index is 12.0. The van der Waals surface area contributed by atoms with Gasteiger partial charge in [0.25, 0.3) is 0 Å². The largest absolute Gasteiger partial charge is 0.423 e. The number of likely N-dealkylation sites (tertiary alicyclic amines) is 1. The molecule has 122 valence electrons. The van der Waals surface area contributed by atoms with Crippen molar-refractivity contribution in [1.29, 1.82) is 0 Å². The second-order valence-corrected chi connectivity index (χ2v) is 7.70. The van der Waals surface area contributed by atoms with Gasteiger partial charge in [-0.05, 0) is 66.3 Å². The van der Waals surface area contributed by atoms with Crippen LogP contribution in [-0.4, -0.2) is 18.0 Å². The molecule has 3 nitrogen and oxygen atoms in total. The van der Waals surface area contributed by atoms with E-state index in [0.717, 1.165) is 60.8 Å². The van der Waals surface area contributed by atoms with E-state index in [1.165, 1.54) is 24.0 Å². The Kier molecular flexibility index (Phi) is 3.76. The summed E-state index contributed by atoms with van der Waals surface area (Å²) in [7, 11) is 0. The molecular formula is C20H25NO2. The average Bonchev–Trinajstić information content (AvgIpc) is 2.91. The van der Waals surface area contributed by atoms with Gasteiger partial charge in [-0.1, -0.05) is 13.8 Å². The highest BCUT2D eigenvalue weighted by Crippen LogP contribution is 2.30. The van der Waals surface area contributed by atoms with Gasteiger partial charge in [0.05, 0.1) is 0 Å². The molecule has 0 spiro atoms. The fourth-order valence-corrected chi connectivity index (χ4v) is 4.59. The third kappa shape index (κ3) is 2.94. The fourth-order valence-electron chi connectivity index (χ4n) is 4.59. The van der Waals surface area contributed by atoms with Gasteiger partial charge in [-0.2, -0.15) is 0 Å². The Balaban J connectivity index is 1.72. The Labute approximate surface area is 137 Å². The second kappa shape index (κ2) is 5.79. The van der Waals surface area contributed by atoms with Crippen LogP contribution >= 0.6 is 0 Å². The maximum Gasteiger partial charge on any atom is 0.336 e. The van der Waals surface area contributed by atoms with Gasteiger partial charge in [-0.25, -0.2) is 4.79 Å². The molecule has 23 heavy (non-hydrogen) atoms. The van der Waals surface area contributed by atoms with Crippen molar-refractivity contribution in [1.82, 2.24) is 4.90 Å². The predicted molar refractivity (Wildman–Crippen MR) is 92.7 cm³/mol. The molecule has 2 atom stereocenters. The third-order valence-electron chi connectivity index (χ3n) is 5.38. The summed E-state index contributed by atoms with van der Waals surface area (Å²) in [5.74, 6) is 1.46. The predicted octanol–water partition coefficient (Wildman–Crippen LogP) is 3.76. The number of hydrogen-bond donors (Lipinski definition) is 0. The molecule has 1 aliphatic heterocycles. The molecule has 0 unspecified atom stereocenters. The van der Waals surface area contributed by atoms with E-state index in [2.05, 4.69) is 30.9 Å². The molecule has 1 aromatic carbocycles. The van der Waals surface area contributed by atoms with Crippen LogP contribution in [0.2, 0.25) is 0 Å². The maximum absolute atomic E-state index is 12.0. The molecule has 0 saturated carbocycles. The first-order valence-electron chi connectivity index (χ1n) is 8.89. The van der Waals surface area contributed by atoms with Crippen molar-refractivity contribution in [2.45, 2.75) is 46.1 Å². The Morgan fingerprint density at radius 2 is 1.78 bits per heavy atom. The molecule has 1 fully saturated rings. The molecule has 0 amide bonds. The highest BCUT2D eigenvalue weighted by atomic mass is 16.4. The van der Waals surface area contributed by atoms with Crippen molar-refractivity contribution in [3.63, 3.8) is 0 Å². The Hall–Kier alpha value is -1.61. The third-order valence-corrected chi connectivity index (χ3v) is 5.38. The number of hydrogen-bond acceptors (Lipinski definition) is 3. The van der Waals surface area contributed by atoms with Crippen LogP contribution in [0.4, 0.5) is 0 Å². The van der Waals surface area contributed by atoms with E-state index in [1.807, 2.05) is 0 Å². The lowest BCUT2D eigenvalue weighted by molar-refractivity contribution is 0.134. The summed E-state index contributed by atoms with van der Waals surface area (Å²) in [5.41, 5.74) is 4.48. The molecule has 0 radical (unpaired) electrons. The first kappa shape index (κ1) is 14.9. The lowest BCUT2D eigenvalue weighted by Gasteiger charge is -2.35. The molecule has 2 aliphatic rings. The van der Waals surface area contributed by atoms with Gasteiger partial charge in [0.1, 0.15) is 5.58 Å². The van der Waals surface area contributed by atoms with Crippen LogP contribution in [0, 0.1) is 11.8 Å². The Morgan fingerprint density at radius 3 is 2.52 bits per heavy atom. The molecule has 1 aromatic heterocycles. The molecule has 3 heteroatoms. The zero-order chi connectivity index (χ0) is 16.0. The monoisotopic (exact) mass is 311 g/mol. The van der Waals surface area contributed by atoms with Crippen LogP contribution in [0.1, 0.15) is 43.4 Å². The highest BCUT2D eigenvalue weighted by molar-refractivity contribution is 5.82. The number of piperidine rings is 1. The summed E-state index contributed by atoms with van der Waals surface area (Å²) in [6.45, 7) is 7.75. The zero-order valence-electron chi connectivity index (χ0n) is 14.1. The number of nitrogens with zero attached hydrogens (tertiary/aromatic N) is 1.